The zero-order valence-corrected chi connectivity index (χ0v) is 11.8. The van der Waals surface area contributed by atoms with Crippen LogP contribution in [0.25, 0.3) is 0 Å². The summed E-state index contributed by atoms with van der Waals surface area (Å²) in [6.07, 6.45) is 0.659. The minimum atomic E-state index is -0.577. The molecule has 4 heteroatoms. The first-order chi connectivity index (χ1) is 8.70. The third-order valence-corrected chi connectivity index (χ3v) is 3.32. The molecule has 0 amide bonds. The number of halogens is 1. The number of hydrogen-bond donors (Lipinski definition) is 1. The Bertz CT molecular complexity index is 520. The Hall–Kier alpha value is -1.42. The number of esters is 1. The predicted octanol–water partition coefficient (Wildman–Crippen LogP) is 3.29. The van der Waals surface area contributed by atoms with Gasteiger partial charge in [-0.05, 0) is 56.4 Å². The first-order valence-corrected chi connectivity index (χ1v) is 6.52. The fraction of sp³-hybridized carbons (Fsp3) is 0.533. The molecule has 1 aromatic rings. The van der Waals surface area contributed by atoms with Gasteiger partial charge >= 0.3 is 5.97 Å². The van der Waals surface area contributed by atoms with Crippen molar-refractivity contribution in [1.82, 2.24) is 0 Å². The lowest BCUT2D eigenvalue weighted by molar-refractivity contribution is 0.00679. The van der Waals surface area contributed by atoms with E-state index in [1.165, 1.54) is 12.1 Å². The van der Waals surface area contributed by atoms with Gasteiger partial charge in [0.05, 0.1) is 5.56 Å². The Morgan fingerprint density at radius 2 is 2.00 bits per heavy atom. The molecule has 2 N–H and O–H groups in total. The van der Waals surface area contributed by atoms with E-state index in [1.807, 2.05) is 6.92 Å². The molecule has 1 aromatic carbocycles. The van der Waals surface area contributed by atoms with E-state index in [4.69, 9.17) is 10.5 Å². The molecule has 0 aromatic heterocycles. The van der Waals surface area contributed by atoms with Crippen LogP contribution in [0, 0.1) is 5.82 Å². The van der Waals surface area contributed by atoms with Crippen molar-refractivity contribution in [2.45, 2.75) is 51.7 Å². The summed E-state index contributed by atoms with van der Waals surface area (Å²) in [6, 6.07) is 2.50. The molecule has 0 radical (unpaired) electrons. The third kappa shape index (κ3) is 2.63. The molecule has 2 atom stereocenters. The van der Waals surface area contributed by atoms with Gasteiger partial charge in [-0.2, -0.15) is 0 Å². The number of carbonyl (C=O) groups is 1. The molecule has 104 valence electrons. The number of nitrogens with two attached hydrogens (primary N) is 1. The summed E-state index contributed by atoms with van der Waals surface area (Å²) >= 11 is 0. The monoisotopic (exact) mass is 265 g/mol. The van der Waals surface area contributed by atoms with Crippen LogP contribution in [0.5, 0.6) is 0 Å². The van der Waals surface area contributed by atoms with Gasteiger partial charge in [-0.25, -0.2) is 9.18 Å². The number of fused-ring (bicyclic) bond motifs is 1. The van der Waals surface area contributed by atoms with Crippen molar-refractivity contribution in [3.8, 4) is 0 Å². The van der Waals surface area contributed by atoms with E-state index < -0.39 is 11.6 Å². The van der Waals surface area contributed by atoms with Crippen molar-refractivity contribution in [2.24, 2.45) is 5.73 Å². The van der Waals surface area contributed by atoms with Crippen LogP contribution < -0.4 is 5.73 Å². The summed E-state index contributed by atoms with van der Waals surface area (Å²) < 4.78 is 19.2. The molecular formula is C15H20FNO2. The van der Waals surface area contributed by atoms with E-state index in [0.29, 0.717) is 23.1 Å². The second kappa shape index (κ2) is 4.60. The zero-order valence-electron chi connectivity index (χ0n) is 11.8. The SMILES string of the molecule is CC1CC(N)c2c(C(=O)OC(C)(C)C)ccc(F)c21. The largest absolute Gasteiger partial charge is 0.456 e. The number of hydrogen-bond acceptors (Lipinski definition) is 3. The van der Waals surface area contributed by atoms with Gasteiger partial charge in [0, 0.05) is 6.04 Å². The Labute approximate surface area is 112 Å². The van der Waals surface area contributed by atoms with Gasteiger partial charge in [-0.1, -0.05) is 6.92 Å². The van der Waals surface area contributed by atoms with Crippen LogP contribution in [0.1, 0.15) is 67.6 Å². The number of carbonyl (C=O) groups excluding carboxylic acids is 1. The number of benzene rings is 1. The lowest BCUT2D eigenvalue weighted by Crippen LogP contribution is -2.25. The van der Waals surface area contributed by atoms with Crippen LogP contribution >= 0.6 is 0 Å². The van der Waals surface area contributed by atoms with Gasteiger partial charge < -0.3 is 10.5 Å². The Kier molecular flexibility index (Phi) is 3.39. The summed E-state index contributed by atoms with van der Waals surface area (Å²) in [6.45, 7) is 7.33. The van der Waals surface area contributed by atoms with E-state index >= 15 is 0 Å². The van der Waals surface area contributed by atoms with Crippen molar-refractivity contribution in [1.29, 1.82) is 0 Å². The highest BCUT2D eigenvalue weighted by atomic mass is 19.1. The molecule has 1 aliphatic carbocycles. The van der Waals surface area contributed by atoms with Crippen molar-refractivity contribution >= 4 is 5.97 Å². The fourth-order valence-corrected chi connectivity index (χ4v) is 2.64. The summed E-state index contributed by atoms with van der Waals surface area (Å²) in [5, 5.41) is 0. The van der Waals surface area contributed by atoms with E-state index in [-0.39, 0.29) is 17.8 Å². The quantitative estimate of drug-likeness (QED) is 0.793. The minimum absolute atomic E-state index is 0.0346. The molecule has 0 saturated heterocycles. The molecule has 0 bridgehead atoms. The van der Waals surface area contributed by atoms with Crippen LogP contribution in [-0.4, -0.2) is 11.6 Å². The lowest BCUT2D eigenvalue weighted by Gasteiger charge is -2.21. The molecule has 0 saturated carbocycles. The Morgan fingerprint density at radius 1 is 1.37 bits per heavy atom. The summed E-state index contributed by atoms with van der Waals surface area (Å²) in [5.74, 6) is -0.691. The van der Waals surface area contributed by atoms with Crippen molar-refractivity contribution in [3.05, 3.63) is 34.6 Å². The first-order valence-electron chi connectivity index (χ1n) is 6.52. The maximum absolute atomic E-state index is 13.9. The average Bonchev–Trinajstić information content (AvgIpc) is 2.53. The van der Waals surface area contributed by atoms with Gasteiger partial charge in [0.25, 0.3) is 0 Å². The molecule has 0 fully saturated rings. The standard InChI is InChI=1S/C15H20FNO2/c1-8-7-11(17)13-9(5-6-10(16)12(8)13)14(18)19-15(2,3)4/h5-6,8,11H,7,17H2,1-4H3. The Balaban J connectivity index is 2.47. The van der Waals surface area contributed by atoms with Crippen molar-refractivity contribution in [2.75, 3.05) is 0 Å². The maximum atomic E-state index is 13.9. The summed E-state index contributed by atoms with van der Waals surface area (Å²) in [4.78, 5) is 12.2. The number of ether oxygens (including phenoxy) is 1. The molecule has 0 heterocycles. The minimum Gasteiger partial charge on any atom is -0.456 e. The summed E-state index contributed by atoms with van der Waals surface area (Å²) in [5.41, 5.74) is 7.03. The smallest absolute Gasteiger partial charge is 0.338 e. The highest BCUT2D eigenvalue weighted by Gasteiger charge is 2.34. The van der Waals surface area contributed by atoms with Gasteiger partial charge in [0.1, 0.15) is 11.4 Å². The second-order valence-corrected chi connectivity index (χ2v) is 6.17. The molecule has 19 heavy (non-hydrogen) atoms. The topological polar surface area (TPSA) is 52.3 Å². The number of rotatable bonds is 1. The van der Waals surface area contributed by atoms with Crippen LogP contribution in [-0.2, 0) is 4.74 Å². The highest BCUT2D eigenvalue weighted by molar-refractivity contribution is 5.92. The first kappa shape index (κ1) is 14.0. The van der Waals surface area contributed by atoms with Gasteiger partial charge in [0.15, 0.2) is 0 Å². The summed E-state index contributed by atoms with van der Waals surface area (Å²) in [7, 11) is 0. The highest BCUT2D eigenvalue weighted by Crippen LogP contribution is 2.42. The van der Waals surface area contributed by atoms with Crippen LogP contribution in [0.3, 0.4) is 0 Å². The van der Waals surface area contributed by atoms with Crippen molar-refractivity contribution < 1.29 is 13.9 Å². The lowest BCUT2D eigenvalue weighted by atomic mass is 9.98. The maximum Gasteiger partial charge on any atom is 0.338 e. The predicted molar refractivity (Wildman–Crippen MR) is 71.5 cm³/mol. The van der Waals surface area contributed by atoms with Crippen molar-refractivity contribution in [3.63, 3.8) is 0 Å². The molecular weight excluding hydrogens is 245 g/mol. The Morgan fingerprint density at radius 3 is 2.58 bits per heavy atom. The average molecular weight is 265 g/mol. The fourth-order valence-electron chi connectivity index (χ4n) is 2.64. The van der Waals surface area contributed by atoms with E-state index in [2.05, 4.69) is 0 Å². The zero-order chi connectivity index (χ0) is 14.4. The van der Waals surface area contributed by atoms with Crippen LogP contribution in [0.2, 0.25) is 0 Å². The molecule has 2 unspecified atom stereocenters. The molecule has 0 aliphatic heterocycles. The normalized spacial score (nSPS) is 22.2. The third-order valence-electron chi connectivity index (χ3n) is 3.32. The van der Waals surface area contributed by atoms with Gasteiger partial charge in [0.2, 0.25) is 0 Å². The molecule has 1 aliphatic rings. The van der Waals surface area contributed by atoms with Gasteiger partial charge in [-0.3, -0.25) is 0 Å². The van der Waals surface area contributed by atoms with Crippen LogP contribution in [0.15, 0.2) is 12.1 Å². The molecule has 3 nitrogen and oxygen atoms in total. The van der Waals surface area contributed by atoms with Gasteiger partial charge in [-0.15, -0.1) is 0 Å². The second-order valence-electron chi connectivity index (χ2n) is 6.17. The molecule has 2 rings (SSSR count). The molecule has 0 spiro atoms. The van der Waals surface area contributed by atoms with Crippen LogP contribution in [0.4, 0.5) is 4.39 Å². The van der Waals surface area contributed by atoms with E-state index in [0.717, 1.165) is 0 Å². The van der Waals surface area contributed by atoms with E-state index in [1.54, 1.807) is 20.8 Å². The van der Waals surface area contributed by atoms with E-state index in [9.17, 15) is 9.18 Å².